The van der Waals surface area contributed by atoms with Crippen molar-refractivity contribution in [3.63, 3.8) is 0 Å². The molecule has 20 heavy (non-hydrogen) atoms. The number of aromatic carboxylic acids is 1. The molecule has 0 saturated heterocycles. The van der Waals surface area contributed by atoms with Crippen molar-refractivity contribution in [2.45, 2.75) is 6.54 Å². The molecule has 0 saturated carbocycles. The zero-order valence-electron chi connectivity index (χ0n) is 9.88. The van der Waals surface area contributed by atoms with E-state index in [1.54, 1.807) is 0 Å². The molecule has 2 heterocycles. The highest BCUT2D eigenvalue weighted by atomic mass is 35.5. The number of hydrogen-bond acceptors (Lipinski definition) is 4. The molecular formula is C11H8Cl2N4O3. The third-order valence-electron chi connectivity index (χ3n) is 2.23. The van der Waals surface area contributed by atoms with E-state index in [1.165, 1.54) is 29.2 Å². The van der Waals surface area contributed by atoms with E-state index < -0.39 is 11.9 Å². The average molecular weight is 315 g/mol. The van der Waals surface area contributed by atoms with Crippen molar-refractivity contribution in [1.82, 2.24) is 14.8 Å². The van der Waals surface area contributed by atoms with Crippen molar-refractivity contribution in [3.8, 4) is 0 Å². The van der Waals surface area contributed by atoms with Gasteiger partial charge in [-0.1, -0.05) is 23.2 Å². The van der Waals surface area contributed by atoms with Gasteiger partial charge in [-0.2, -0.15) is 5.10 Å². The van der Waals surface area contributed by atoms with Crippen LogP contribution in [0.5, 0.6) is 0 Å². The molecule has 7 nitrogen and oxygen atoms in total. The number of rotatable bonds is 4. The molecular weight excluding hydrogens is 307 g/mol. The van der Waals surface area contributed by atoms with Crippen molar-refractivity contribution >= 4 is 40.9 Å². The normalized spacial score (nSPS) is 10.3. The first-order valence-electron chi connectivity index (χ1n) is 5.33. The Kier molecular flexibility index (Phi) is 4.21. The van der Waals surface area contributed by atoms with E-state index in [-0.39, 0.29) is 23.1 Å². The van der Waals surface area contributed by atoms with Crippen molar-refractivity contribution < 1.29 is 14.7 Å². The predicted octanol–water partition coefficient (Wildman–Crippen LogP) is 1.92. The highest BCUT2D eigenvalue weighted by molar-refractivity contribution is 6.36. The molecule has 2 aromatic rings. The summed E-state index contributed by atoms with van der Waals surface area (Å²) in [4.78, 5) is 26.3. The molecule has 0 fully saturated rings. The molecule has 0 unspecified atom stereocenters. The quantitative estimate of drug-likeness (QED) is 0.898. The summed E-state index contributed by atoms with van der Waals surface area (Å²) in [7, 11) is 0. The summed E-state index contributed by atoms with van der Waals surface area (Å²) in [6, 6.07) is 2.74. The van der Waals surface area contributed by atoms with Crippen LogP contribution in [-0.2, 0) is 11.3 Å². The molecule has 104 valence electrons. The summed E-state index contributed by atoms with van der Waals surface area (Å²) in [5, 5.41) is 15.5. The first-order chi connectivity index (χ1) is 9.45. The van der Waals surface area contributed by atoms with Gasteiger partial charge in [-0.25, -0.2) is 9.78 Å². The molecule has 9 heteroatoms. The van der Waals surface area contributed by atoms with Gasteiger partial charge in [0.15, 0.2) is 11.5 Å². The van der Waals surface area contributed by atoms with Crippen molar-refractivity contribution in [2.24, 2.45) is 0 Å². The smallest absolute Gasteiger partial charge is 0.356 e. The van der Waals surface area contributed by atoms with Crippen LogP contribution in [0.25, 0.3) is 0 Å². The molecule has 0 bridgehead atoms. The molecule has 2 aromatic heterocycles. The number of halogens is 2. The summed E-state index contributed by atoms with van der Waals surface area (Å²) in [6.45, 7) is -0.159. The standard InChI is InChI=1S/C11H8Cl2N4O3/c12-6-3-7(13)10(14-4-6)15-9(18)5-17-2-1-8(16-17)11(19)20/h1-4H,5H2,(H,19,20)(H,14,15,18). The van der Waals surface area contributed by atoms with Crippen molar-refractivity contribution in [2.75, 3.05) is 5.32 Å². The summed E-state index contributed by atoms with van der Waals surface area (Å²) in [6.07, 6.45) is 2.74. The van der Waals surface area contributed by atoms with Crippen LogP contribution in [0.15, 0.2) is 24.5 Å². The highest BCUT2D eigenvalue weighted by Gasteiger charge is 2.11. The molecule has 0 aromatic carbocycles. The summed E-state index contributed by atoms with van der Waals surface area (Å²) >= 11 is 11.5. The number of carbonyl (C=O) groups excluding carboxylic acids is 1. The molecule has 0 radical (unpaired) electrons. The van der Waals surface area contributed by atoms with E-state index in [0.29, 0.717) is 5.02 Å². The molecule has 0 atom stereocenters. The molecule has 0 aliphatic carbocycles. The van der Waals surface area contributed by atoms with Gasteiger partial charge in [0.05, 0.1) is 10.0 Å². The maximum absolute atomic E-state index is 11.7. The van der Waals surface area contributed by atoms with E-state index in [1.807, 2.05) is 0 Å². The number of hydrogen-bond donors (Lipinski definition) is 2. The molecule has 2 rings (SSSR count). The van der Waals surface area contributed by atoms with Crippen molar-refractivity contribution in [3.05, 3.63) is 40.3 Å². The number of pyridine rings is 1. The number of anilines is 1. The Bertz CT molecular complexity index is 671. The van der Waals surface area contributed by atoms with Crippen LogP contribution in [0, 0.1) is 0 Å². The second kappa shape index (κ2) is 5.89. The Labute approximate surface area is 123 Å². The average Bonchev–Trinajstić information content (AvgIpc) is 2.81. The highest BCUT2D eigenvalue weighted by Crippen LogP contribution is 2.22. The maximum atomic E-state index is 11.7. The minimum absolute atomic E-state index is 0.138. The van der Waals surface area contributed by atoms with Gasteiger partial charge < -0.3 is 10.4 Å². The first kappa shape index (κ1) is 14.3. The first-order valence-corrected chi connectivity index (χ1v) is 6.09. The Morgan fingerprint density at radius 3 is 2.75 bits per heavy atom. The largest absolute Gasteiger partial charge is 0.476 e. The number of nitrogens with zero attached hydrogens (tertiary/aromatic N) is 3. The fraction of sp³-hybridized carbons (Fsp3) is 0.0909. The van der Waals surface area contributed by atoms with Gasteiger partial charge in [0, 0.05) is 12.4 Å². The third kappa shape index (κ3) is 3.46. The minimum atomic E-state index is -1.16. The molecule has 0 aliphatic rings. The fourth-order valence-corrected chi connectivity index (χ4v) is 1.82. The molecule has 0 spiro atoms. The van der Waals surface area contributed by atoms with E-state index >= 15 is 0 Å². The number of carbonyl (C=O) groups is 2. The summed E-state index contributed by atoms with van der Waals surface area (Å²) in [5.74, 6) is -1.43. The number of aromatic nitrogens is 3. The summed E-state index contributed by atoms with van der Waals surface area (Å²) < 4.78 is 1.20. The van der Waals surface area contributed by atoms with Gasteiger partial charge in [0.1, 0.15) is 6.54 Å². The van der Waals surface area contributed by atoms with E-state index in [0.717, 1.165) is 0 Å². The topological polar surface area (TPSA) is 97.1 Å². The number of nitrogens with one attached hydrogen (secondary N) is 1. The monoisotopic (exact) mass is 314 g/mol. The van der Waals surface area contributed by atoms with Crippen LogP contribution in [-0.4, -0.2) is 31.7 Å². The van der Waals surface area contributed by atoms with Gasteiger partial charge in [-0.15, -0.1) is 0 Å². The van der Waals surface area contributed by atoms with Crippen molar-refractivity contribution in [1.29, 1.82) is 0 Å². The van der Waals surface area contributed by atoms with Crippen LogP contribution in [0.1, 0.15) is 10.5 Å². The van der Waals surface area contributed by atoms with Gasteiger partial charge in [-0.3, -0.25) is 9.48 Å². The van der Waals surface area contributed by atoms with Crippen LogP contribution >= 0.6 is 23.2 Å². The van der Waals surface area contributed by atoms with Crippen LogP contribution in [0.3, 0.4) is 0 Å². The Balaban J connectivity index is 2.03. The number of amides is 1. The SMILES string of the molecule is O=C(Cn1ccc(C(=O)O)n1)Nc1ncc(Cl)cc1Cl. The second-order valence-electron chi connectivity index (χ2n) is 3.74. The lowest BCUT2D eigenvalue weighted by molar-refractivity contribution is -0.116. The van der Waals surface area contributed by atoms with Crippen LogP contribution < -0.4 is 5.32 Å². The summed E-state index contributed by atoms with van der Waals surface area (Å²) in [5.41, 5.74) is -0.138. The lowest BCUT2D eigenvalue weighted by atomic mass is 10.4. The van der Waals surface area contributed by atoms with Gasteiger partial charge in [-0.05, 0) is 12.1 Å². The Morgan fingerprint density at radius 1 is 1.40 bits per heavy atom. The number of carboxylic acid groups (broad SMARTS) is 1. The van der Waals surface area contributed by atoms with Gasteiger partial charge >= 0.3 is 5.97 Å². The van der Waals surface area contributed by atoms with Crippen LogP contribution in [0.4, 0.5) is 5.82 Å². The van der Waals surface area contributed by atoms with E-state index in [4.69, 9.17) is 28.3 Å². The minimum Gasteiger partial charge on any atom is -0.476 e. The fourth-order valence-electron chi connectivity index (χ4n) is 1.39. The van der Waals surface area contributed by atoms with Gasteiger partial charge in [0.2, 0.25) is 5.91 Å². The molecule has 0 aliphatic heterocycles. The lowest BCUT2D eigenvalue weighted by Crippen LogP contribution is -2.20. The Morgan fingerprint density at radius 2 is 2.15 bits per heavy atom. The molecule has 1 amide bonds. The molecule has 2 N–H and O–H groups in total. The third-order valence-corrected chi connectivity index (χ3v) is 2.73. The lowest BCUT2D eigenvalue weighted by Gasteiger charge is -2.06. The zero-order valence-corrected chi connectivity index (χ0v) is 11.4. The van der Waals surface area contributed by atoms with Crippen LogP contribution in [0.2, 0.25) is 10.0 Å². The predicted molar refractivity (Wildman–Crippen MR) is 72.1 cm³/mol. The maximum Gasteiger partial charge on any atom is 0.356 e. The van der Waals surface area contributed by atoms with E-state index in [9.17, 15) is 9.59 Å². The zero-order chi connectivity index (χ0) is 14.7. The van der Waals surface area contributed by atoms with E-state index in [2.05, 4.69) is 15.4 Å². The second-order valence-corrected chi connectivity index (χ2v) is 4.58. The number of carboxylic acids is 1. The Hall–Kier alpha value is -2.12. The van der Waals surface area contributed by atoms with Gasteiger partial charge in [0.25, 0.3) is 0 Å².